The molecule has 0 unspecified atom stereocenters. The Morgan fingerprint density at radius 1 is 1.11 bits per heavy atom. The zero-order valence-corrected chi connectivity index (χ0v) is 12.4. The molecule has 0 aromatic heterocycles. The minimum absolute atomic E-state index is 0.125. The number of allylic oxidation sites excluding steroid dienone is 1. The van der Waals surface area contributed by atoms with E-state index in [0.29, 0.717) is 24.9 Å². The highest BCUT2D eigenvalue weighted by molar-refractivity contribution is 5.81. The van der Waals surface area contributed by atoms with Crippen molar-refractivity contribution in [1.29, 1.82) is 0 Å². The van der Waals surface area contributed by atoms with Crippen molar-refractivity contribution in [3.05, 3.63) is 12.2 Å². The number of hydrogen-bond acceptors (Lipinski definition) is 4. The molecule has 106 valence electrons. The molecule has 0 aliphatic carbocycles. The predicted molar refractivity (Wildman–Crippen MR) is 72.1 cm³/mol. The minimum atomic E-state index is -0.254. The maximum atomic E-state index is 10.6. The van der Waals surface area contributed by atoms with E-state index in [4.69, 9.17) is 4.74 Å². The van der Waals surface area contributed by atoms with Gasteiger partial charge >= 0.3 is 11.9 Å². The van der Waals surface area contributed by atoms with E-state index in [1.54, 1.807) is 13.0 Å². The van der Waals surface area contributed by atoms with E-state index in [9.17, 15) is 9.59 Å². The molecular weight excluding hydrogens is 232 g/mol. The van der Waals surface area contributed by atoms with Crippen LogP contribution in [0.3, 0.4) is 0 Å². The average Bonchev–Trinajstić information content (AvgIpc) is 2.26. The first-order valence-corrected chi connectivity index (χ1v) is 6.19. The van der Waals surface area contributed by atoms with Gasteiger partial charge in [-0.05, 0) is 18.8 Å². The SMILES string of the molecule is CC=CC(=O)OCC(C)C.COC(=O)CC(C)C. The first kappa shape index (κ1) is 19.0. The van der Waals surface area contributed by atoms with Crippen LogP contribution in [0.2, 0.25) is 0 Å². The second-order valence-corrected chi connectivity index (χ2v) is 4.70. The van der Waals surface area contributed by atoms with Gasteiger partial charge in [0, 0.05) is 12.5 Å². The molecule has 0 aliphatic rings. The van der Waals surface area contributed by atoms with Crippen LogP contribution in [0, 0.1) is 11.8 Å². The number of esters is 2. The van der Waals surface area contributed by atoms with E-state index >= 15 is 0 Å². The highest BCUT2D eigenvalue weighted by atomic mass is 16.5. The van der Waals surface area contributed by atoms with E-state index < -0.39 is 0 Å². The molecule has 0 N–H and O–H groups in total. The predicted octanol–water partition coefficient (Wildman–Crippen LogP) is 2.97. The molecule has 0 bridgehead atoms. The van der Waals surface area contributed by atoms with E-state index in [-0.39, 0.29) is 11.9 Å². The molecular formula is C14H26O4. The highest BCUT2D eigenvalue weighted by Gasteiger charge is 2.01. The minimum Gasteiger partial charge on any atom is -0.469 e. The van der Waals surface area contributed by atoms with Crippen molar-refractivity contribution < 1.29 is 19.1 Å². The van der Waals surface area contributed by atoms with E-state index in [1.165, 1.54) is 13.2 Å². The summed E-state index contributed by atoms with van der Waals surface area (Å²) in [6.07, 6.45) is 3.61. The summed E-state index contributed by atoms with van der Waals surface area (Å²) in [7, 11) is 1.41. The molecule has 0 spiro atoms. The topological polar surface area (TPSA) is 52.6 Å². The molecule has 4 nitrogen and oxygen atoms in total. The third-order valence-electron chi connectivity index (χ3n) is 1.66. The second kappa shape index (κ2) is 12.1. The summed E-state index contributed by atoms with van der Waals surface area (Å²) in [5.41, 5.74) is 0. The fourth-order valence-electron chi connectivity index (χ4n) is 0.850. The van der Waals surface area contributed by atoms with Gasteiger partial charge in [0.2, 0.25) is 0 Å². The number of rotatable bonds is 5. The first-order valence-electron chi connectivity index (χ1n) is 6.19. The Hall–Kier alpha value is -1.32. The van der Waals surface area contributed by atoms with Crippen LogP contribution < -0.4 is 0 Å². The van der Waals surface area contributed by atoms with Crippen molar-refractivity contribution in [3.8, 4) is 0 Å². The maximum Gasteiger partial charge on any atom is 0.330 e. The van der Waals surface area contributed by atoms with Crippen molar-refractivity contribution >= 4 is 11.9 Å². The van der Waals surface area contributed by atoms with Gasteiger partial charge in [-0.2, -0.15) is 0 Å². The van der Waals surface area contributed by atoms with Gasteiger partial charge in [0.05, 0.1) is 13.7 Å². The van der Waals surface area contributed by atoms with E-state index in [1.807, 2.05) is 27.7 Å². The van der Waals surface area contributed by atoms with Gasteiger partial charge < -0.3 is 9.47 Å². The second-order valence-electron chi connectivity index (χ2n) is 4.70. The van der Waals surface area contributed by atoms with Crippen molar-refractivity contribution in [2.75, 3.05) is 13.7 Å². The normalized spacial score (nSPS) is 10.2. The molecule has 0 rings (SSSR count). The largest absolute Gasteiger partial charge is 0.469 e. The molecule has 0 heterocycles. The van der Waals surface area contributed by atoms with Gasteiger partial charge in [-0.15, -0.1) is 0 Å². The Labute approximate surface area is 110 Å². The van der Waals surface area contributed by atoms with Gasteiger partial charge in [-0.25, -0.2) is 4.79 Å². The summed E-state index contributed by atoms with van der Waals surface area (Å²) in [5, 5.41) is 0. The molecule has 18 heavy (non-hydrogen) atoms. The molecule has 4 heteroatoms. The lowest BCUT2D eigenvalue weighted by Gasteiger charge is -2.03. The molecule has 0 saturated carbocycles. The van der Waals surface area contributed by atoms with Crippen molar-refractivity contribution in [1.82, 2.24) is 0 Å². The Kier molecular flexibility index (Phi) is 12.8. The fourth-order valence-corrected chi connectivity index (χ4v) is 0.850. The van der Waals surface area contributed by atoms with Crippen LogP contribution in [0.1, 0.15) is 41.0 Å². The Balaban J connectivity index is 0. The van der Waals surface area contributed by atoms with Gasteiger partial charge in [-0.3, -0.25) is 4.79 Å². The molecule has 0 aromatic rings. The highest BCUT2D eigenvalue weighted by Crippen LogP contribution is 1.99. The van der Waals surface area contributed by atoms with Crippen molar-refractivity contribution in [2.24, 2.45) is 11.8 Å². The van der Waals surface area contributed by atoms with E-state index in [2.05, 4.69) is 4.74 Å². The smallest absolute Gasteiger partial charge is 0.330 e. The first-order chi connectivity index (χ1) is 8.33. The molecule has 0 aromatic carbocycles. The van der Waals surface area contributed by atoms with Gasteiger partial charge in [-0.1, -0.05) is 33.8 Å². The fraction of sp³-hybridized carbons (Fsp3) is 0.714. The standard InChI is InChI=1S/C8H14O2.C6H12O2/c1-4-5-8(9)10-6-7(2)3;1-5(2)4-6(7)8-3/h4-5,7H,6H2,1-3H3;5H,4H2,1-3H3. The Morgan fingerprint density at radius 3 is 1.94 bits per heavy atom. The lowest BCUT2D eigenvalue weighted by molar-refractivity contribution is -0.141. The molecule has 0 amide bonds. The van der Waals surface area contributed by atoms with Crippen LogP contribution in [0.25, 0.3) is 0 Å². The van der Waals surface area contributed by atoms with Crippen LogP contribution in [0.15, 0.2) is 12.2 Å². The average molecular weight is 258 g/mol. The van der Waals surface area contributed by atoms with Gasteiger partial charge in [0.1, 0.15) is 0 Å². The lowest BCUT2D eigenvalue weighted by Crippen LogP contribution is -2.06. The molecule has 0 fully saturated rings. The van der Waals surface area contributed by atoms with Gasteiger partial charge in [0.15, 0.2) is 0 Å². The summed E-state index contributed by atoms with van der Waals surface area (Å²) in [5.74, 6) is 0.438. The summed E-state index contributed by atoms with van der Waals surface area (Å²) in [4.78, 5) is 21.0. The maximum absolute atomic E-state index is 10.6. The van der Waals surface area contributed by atoms with Crippen LogP contribution in [0.4, 0.5) is 0 Å². The number of carbonyl (C=O) groups excluding carboxylic acids is 2. The number of methoxy groups -OCH3 is 1. The van der Waals surface area contributed by atoms with Crippen LogP contribution in [-0.4, -0.2) is 25.7 Å². The molecule has 0 radical (unpaired) electrons. The molecule has 0 saturated heterocycles. The zero-order valence-electron chi connectivity index (χ0n) is 12.4. The third kappa shape index (κ3) is 17.1. The third-order valence-corrected chi connectivity index (χ3v) is 1.66. The molecule has 0 atom stereocenters. The van der Waals surface area contributed by atoms with Crippen molar-refractivity contribution in [3.63, 3.8) is 0 Å². The Morgan fingerprint density at radius 2 is 1.67 bits per heavy atom. The monoisotopic (exact) mass is 258 g/mol. The lowest BCUT2D eigenvalue weighted by atomic mass is 10.1. The number of hydrogen-bond donors (Lipinski definition) is 0. The van der Waals surface area contributed by atoms with Crippen LogP contribution >= 0.6 is 0 Å². The summed E-state index contributed by atoms with van der Waals surface area (Å²) in [6.45, 7) is 10.3. The van der Waals surface area contributed by atoms with Gasteiger partial charge in [0.25, 0.3) is 0 Å². The zero-order chi connectivity index (χ0) is 14.6. The Bertz CT molecular complexity index is 255. The number of ether oxygens (including phenoxy) is 2. The summed E-state index contributed by atoms with van der Waals surface area (Å²) >= 11 is 0. The quantitative estimate of drug-likeness (QED) is 0.562. The van der Waals surface area contributed by atoms with Crippen LogP contribution in [0.5, 0.6) is 0 Å². The summed E-state index contributed by atoms with van der Waals surface area (Å²) < 4.78 is 9.24. The summed E-state index contributed by atoms with van der Waals surface area (Å²) in [6, 6.07) is 0. The number of carbonyl (C=O) groups is 2. The molecule has 0 aliphatic heterocycles. The van der Waals surface area contributed by atoms with Crippen molar-refractivity contribution in [2.45, 2.75) is 41.0 Å². The van der Waals surface area contributed by atoms with E-state index in [0.717, 1.165) is 0 Å². The van der Waals surface area contributed by atoms with Crippen LogP contribution in [-0.2, 0) is 19.1 Å².